The van der Waals surface area contributed by atoms with Gasteiger partial charge in [-0.15, -0.1) is 11.3 Å². The molecule has 3 N–H and O–H groups in total. The molecule has 0 aliphatic carbocycles. The van der Waals surface area contributed by atoms with E-state index in [1.807, 2.05) is 6.92 Å². The largest absolute Gasteiger partial charge is 0.395 e. The van der Waals surface area contributed by atoms with Crippen LogP contribution < -0.4 is 10.6 Å². The first kappa shape index (κ1) is 14.0. The number of aliphatic hydroxyl groups is 1. The molecular formula is C12H21N3OS. The van der Waals surface area contributed by atoms with Gasteiger partial charge in [-0.05, 0) is 25.5 Å². The van der Waals surface area contributed by atoms with Crippen molar-refractivity contribution < 1.29 is 5.11 Å². The Bertz CT molecular complexity index is 349. The average molecular weight is 255 g/mol. The summed E-state index contributed by atoms with van der Waals surface area (Å²) in [6, 6.07) is 4.28. The van der Waals surface area contributed by atoms with Crippen LogP contribution in [0.3, 0.4) is 0 Å². The molecule has 0 aliphatic rings. The molecule has 0 aliphatic heterocycles. The smallest absolute Gasteiger partial charge is 0.191 e. The summed E-state index contributed by atoms with van der Waals surface area (Å²) in [5, 5.41) is 15.0. The summed E-state index contributed by atoms with van der Waals surface area (Å²) in [7, 11) is 0. The number of nitrogens with zero attached hydrogens (tertiary/aromatic N) is 1. The predicted molar refractivity (Wildman–Crippen MR) is 73.6 cm³/mol. The first-order valence-corrected chi connectivity index (χ1v) is 6.82. The van der Waals surface area contributed by atoms with Crippen LogP contribution in [0.2, 0.25) is 0 Å². The molecule has 0 unspecified atom stereocenters. The maximum absolute atomic E-state index is 8.76. The number of hydrogen-bond acceptors (Lipinski definition) is 3. The first-order chi connectivity index (χ1) is 8.30. The van der Waals surface area contributed by atoms with Crippen molar-refractivity contribution in [1.29, 1.82) is 0 Å². The van der Waals surface area contributed by atoms with E-state index in [0.717, 1.165) is 18.9 Å². The highest BCUT2D eigenvalue weighted by atomic mass is 32.1. The number of hydrogen-bond donors (Lipinski definition) is 3. The average Bonchev–Trinajstić information content (AvgIpc) is 2.80. The number of aliphatic imine (C=N–C) groups is 1. The molecule has 5 heteroatoms. The second-order valence-electron chi connectivity index (χ2n) is 3.57. The van der Waals surface area contributed by atoms with Crippen molar-refractivity contribution in [3.05, 3.63) is 21.9 Å². The number of nitrogens with one attached hydrogen (secondary N) is 2. The summed E-state index contributed by atoms with van der Waals surface area (Å²) < 4.78 is 0. The summed E-state index contributed by atoms with van der Waals surface area (Å²) in [4.78, 5) is 7.12. The molecule has 1 aromatic rings. The van der Waals surface area contributed by atoms with E-state index in [2.05, 4.69) is 34.7 Å². The lowest BCUT2D eigenvalue weighted by Crippen LogP contribution is -2.38. The molecule has 0 amide bonds. The second kappa shape index (κ2) is 8.08. The molecule has 0 fully saturated rings. The van der Waals surface area contributed by atoms with Crippen molar-refractivity contribution in [2.24, 2.45) is 4.99 Å². The lowest BCUT2D eigenvalue weighted by Gasteiger charge is -2.09. The molecule has 1 rings (SSSR count). The molecule has 0 saturated heterocycles. The van der Waals surface area contributed by atoms with Gasteiger partial charge in [0, 0.05) is 22.8 Å². The highest BCUT2D eigenvalue weighted by Crippen LogP contribution is 2.17. The highest BCUT2D eigenvalue weighted by Gasteiger charge is 1.99. The molecule has 1 heterocycles. The molecule has 0 aromatic carbocycles. The minimum Gasteiger partial charge on any atom is -0.395 e. The number of guanidine groups is 1. The molecule has 0 bridgehead atoms. The van der Waals surface area contributed by atoms with E-state index in [0.29, 0.717) is 13.1 Å². The van der Waals surface area contributed by atoms with Gasteiger partial charge in [0.05, 0.1) is 13.2 Å². The van der Waals surface area contributed by atoms with Crippen LogP contribution in [-0.4, -0.2) is 30.8 Å². The fraction of sp³-hybridized carbons (Fsp3) is 0.583. The Morgan fingerprint density at radius 2 is 2.06 bits per heavy atom. The zero-order chi connectivity index (χ0) is 12.5. The van der Waals surface area contributed by atoms with E-state index < -0.39 is 0 Å². The Labute approximate surface area is 107 Å². The third kappa shape index (κ3) is 5.19. The predicted octanol–water partition coefficient (Wildman–Crippen LogP) is 1.36. The third-order valence-corrected chi connectivity index (χ3v) is 3.42. The molecule has 0 atom stereocenters. The van der Waals surface area contributed by atoms with Crippen molar-refractivity contribution in [3.63, 3.8) is 0 Å². The zero-order valence-electron chi connectivity index (χ0n) is 10.5. The highest BCUT2D eigenvalue weighted by molar-refractivity contribution is 7.11. The first-order valence-electron chi connectivity index (χ1n) is 6.00. The molecule has 4 nitrogen and oxygen atoms in total. The summed E-state index contributed by atoms with van der Waals surface area (Å²) in [6.07, 6.45) is 1.08. The SMILES string of the molecule is CCNC(=NCc1ccc(CC)s1)NCCO. The van der Waals surface area contributed by atoms with Crippen LogP contribution in [0.1, 0.15) is 23.6 Å². The van der Waals surface area contributed by atoms with Crippen LogP contribution in [0.4, 0.5) is 0 Å². The second-order valence-corrected chi connectivity index (χ2v) is 4.82. The van der Waals surface area contributed by atoms with E-state index >= 15 is 0 Å². The fourth-order valence-corrected chi connectivity index (χ4v) is 2.25. The van der Waals surface area contributed by atoms with Crippen molar-refractivity contribution >= 4 is 17.3 Å². The van der Waals surface area contributed by atoms with Gasteiger partial charge >= 0.3 is 0 Å². The molecule has 1 aromatic heterocycles. The minimum absolute atomic E-state index is 0.114. The quantitative estimate of drug-likeness (QED) is 0.531. The summed E-state index contributed by atoms with van der Waals surface area (Å²) in [5.41, 5.74) is 0. The fourth-order valence-electron chi connectivity index (χ4n) is 1.37. The van der Waals surface area contributed by atoms with Crippen LogP contribution in [0.25, 0.3) is 0 Å². The Morgan fingerprint density at radius 3 is 2.65 bits per heavy atom. The van der Waals surface area contributed by atoms with Gasteiger partial charge in [0.1, 0.15) is 0 Å². The van der Waals surface area contributed by atoms with E-state index in [-0.39, 0.29) is 6.61 Å². The van der Waals surface area contributed by atoms with Crippen molar-refractivity contribution in [2.75, 3.05) is 19.7 Å². The number of aliphatic hydroxyl groups excluding tert-OH is 1. The van der Waals surface area contributed by atoms with Gasteiger partial charge in [-0.25, -0.2) is 4.99 Å². The third-order valence-electron chi connectivity index (χ3n) is 2.21. The maximum atomic E-state index is 8.76. The summed E-state index contributed by atoms with van der Waals surface area (Å²) in [6.45, 7) is 6.33. The molecule has 96 valence electrons. The lowest BCUT2D eigenvalue weighted by molar-refractivity contribution is 0.300. The Kier molecular flexibility index (Phi) is 6.65. The van der Waals surface area contributed by atoms with Crippen LogP contribution in [-0.2, 0) is 13.0 Å². The van der Waals surface area contributed by atoms with Crippen LogP contribution in [0.5, 0.6) is 0 Å². The molecule has 0 spiro atoms. The van der Waals surface area contributed by atoms with Gasteiger partial charge in [-0.3, -0.25) is 0 Å². The van der Waals surface area contributed by atoms with Gasteiger partial charge in [0.25, 0.3) is 0 Å². The molecule has 0 saturated carbocycles. The van der Waals surface area contributed by atoms with E-state index in [9.17, 15) is 0 Å². The summed E-state index contributed by atoms with van der Waals surface area (Å²) >= 11 is 1.80. The lowest BCUT2D eigenvalue weighted by atomic mass is 10.4. The minimum atomic E-state index is 0.114. The standard InChI is InChI=1S/C12H21N3OS/c1-3-10-5-6-11(17-10)9-15-12(13-4-2)14-7-8-16/h5-6,16H,3-4,7-9H2,1-2H3,(H2,13,14,15). The topological polar surface area (TPSA) is 56.7 Å². The number of aryl methyl sites for hydroxylation is 1. The van der Waals surface area contributed by atoms with Gasteiger partial charge in [0.15, 0.2) is 5.96 Å². The number of thiophene rings is 1. The van der Waals surface area contributed by atoms with E-state index in [4.69, 9.17) is 5.11 Å². The van der Waals surface area contributed by atoms with Crippen molar-refractivity contribution in [3.8, 4) is 0 Å². The molecule has 0 radical (unpaired) electrons. The van der Waals surface area contributed by atoms with Gasteiger partial charge in [-0.2, -0.15) is 0 Å². The zero-order valence-corrected chi connectivity index (χ0v) is 11.3. The van der Waals surface area contributed by atoms with Crippen LogP contribution >= 0.6 is 11.3 Å². The maximum Gasteiger partial charge on any atom is 0.191 e. The molecule has 17 heavy (non-hydrogen) atoms. The summed E-state index contributed by atoms with van der Waals surface area (Å²) in [5.74, 6) is 0.757. The van der Waals surface area contributed by atoms with E-state index in [1.54, 1.807) is 11.3 Å². The van der Waals surface area contributed by atoms with Crippen molar-refractivity contribution in [1.82, 2.24) is 10.6 Å². The van der Waals surface area contributed by atoms with Gasteiger partial charge < -0.3 is 15.7 Å². The Balaban J connectivity index is 2.51. The van der Waals surface area contributed by atoms with Crippen LogP contribution in [0.15, 0.2) is 17.1 Å². The normalized spacial score (nSPS) is 11.6. The van der Waals surface area contributed by atoms with Gasteiger partial charge in [0.2, 0.25) is 0 Å². The Morgan fingerprint density at radius 1 is 1.29 bits per heavy atom. The van der Waals surface area contributed by atoms with Crippen LogP contribution in [0, 0.1) is 0 Å². The van der Waals surface area contributed by atoms with E-state index in [1.165, 1.54) is 9.75 Å². The molecular weight excluding hydrogens is 234 g/mol. The Hall–Kier alpha value is -1.07. The monoisotopic (exact) mass is 255 g/mol. The van der Waals surface area contributed by atoms with Crippen molar-refractivity contribution in [2.45, 2.75) is 26.8 Å². The van der Waals surface area contributed by atoms with Gasteiger partial charge in [-0.1, -0.05) is 6.92 Å². The number of rotatable bonds is 6.